The highest BCUT2D eigenvalue weighted by molar-refractivity contribution is 5.85. The minimum Gasteiger partial charge on any atom is -0.378 e. The van der Waals surface area contributed by atoms with Crippen molar-refractivity contribution >= 4 is 36.5 Å². The summed E-state index contributed by atoms with van der Waals surface area (Å²) in [6.45, 7) is 5.60. The highest BCUT2D eigenvalue weighted by Gasteiger charge is 2.37. The Morgan fingerprint density at radius 2 is 2.12 bits per heavy atom. The van der Waals surface area contributed by atoms with E-state index in [-0.39, 0.29) is 36.6 Å². The summed E-state index contributed by atoms with van der Waals surface area (Å²) in [5, 5.41) is 3.09. The number of rotatable bonds is 4. The molecule has 2 unspecified atom stereocenters. The minimum absolute atomic E-state index is 0. The molecule has 1 saturated carbocycles. The van der Waals surface area contributed by atoms with E-state index in [1.54, 1.807) is 6.20 Å². The van der Waals surface area contributed by atoms with Gasteiger partial charge in [0.1, 0.15) is 5.82 Å². The van der Waals surface area contributed by atoms with Crippen LogP contribution in [0.3, 0.4) is 0 Å². The van der Waals surface area contributed by atoms with Crippen molar-refractivity contribution in [3.63, 3.8) is 0 Å². The number of pyridine rings is 1. The summed E-state index contributed by atoms with van der Waals surface area (Å²) in [5.74, 6) is 0.909. The number of nitrogens with zero attached hydrogens (tertiary/aromatic N) is 2. The van der Waals surface area contributed by atoms with Gasteiger partial charge < -0.3 is 20.7 Å². The molecule has 3 N–H and O–H groups in total. The van der Waals surface area contributed by atoms with Crippen LogP contribution in [-0.4, -0.2) is 42.7 Å². The number of amides is 1. The SMILES string of the molecule is CC1(N)CCCCC1C(=O)NCc1cccnc1N1CCOCC1.Cl.Cl. The van der Waals surface area contributed by atoms with Gasteiger partial charge in [-0.15, -0.1) is 24.8 Å². The van der Waals surface area contributed by atoms with Gasteiger partial charge in [0.25, 0.3) is 0 Å². The molecule has 8 heteroatoms. The van der Waals surface area contributed by atoms with E-state index in [1.807, 2.05) is 19.1 Å². The molecule has 1 aliphatic carbocycles. The molecule has 0 bridgehead atoms. The molecule has 0 radical (unpaired) electrons. The smallest absolute Gasteiger partial charge is 0.225 e. The Morgan fingerprint density at radius 1 is 1.38 bits per heavy atom. The Hall–Kier alpha value is -1.08. The number of carbonyl (C=O) groups excluding carboxylic acids is 1. The second kappa shape index (κ2) is 10.3. The molecule has 3 rings (SSSR count). The van der Waals surface area contributed by atoms with Crippen LogP contribution in [0, 0.1) is 5.92 Å². The number of nitrogens with one attached hydrogen (secondary N) is 1. The van der Waals surface area contributed by atoms with Crippen LogP contribution in [0.5, 0.6) is 0 Å². The van der Waals surface area contributed by atoms with E-state index >= 15 is 0 Å². The number of aromatic nitrogens is 1. The van der Waals surface area contributed by atoms with Gasteiger partial charge in [-0.25, -0.2) is 4.98 Å². The quantitative estimate of drug-likeness (QED) is 0.804. The van der Waals surface area contributed by atoms with E-state index in [0.717, 1.165) is 63.4 Å². The molecule has 1 saturated heterocycles. The van der Waals surface area contributed by atoms with Crippen LogP contribution >= 0.6 is 24.8 Å². The van der Waals surface area contributed by atoms with Crippen LogP contribution in [0.1, 0.15) is 38.2 Å². The molecule has 148 valence electrons. The van der Waals surface area contributed by atoms with Crippen LogP contribution in [0.15, 0.2) is 18.3 Å². The molecule has 1 aliphatic heterocycles. The monoisotopic (exact) mass is 404 g/mol. The number of ether oxygens (including phenoxy) is 1. The first-order valence-electron chi connectivity index (χ1n) is 8.91. The molecule has 0 aromatic carbocycles. The highest BCUT2D eigenvalue weighted by atomic mass is 35.5. The zero-order chi connectivity index (χ0) is 17.0. The Morgan fingerprint density at radius 3 is 2.81 bits per heavy atom. The maximum absolute atomic E-state index is 12.6. The van der Waals surface area contributed by atoms with Crippen LogP contribution in [0.25, 0.3) is 0 Å². The fourth-order valence-electron chi connectivity index (χ4n) is 3.72. The van der Waals surface area contributed by atoms with Crippen molar-refractivity contribution in [2.24, 2.45) is 11.7 Å². The summed E-state index contributed by atoms with van der Waals surface area (Å²) >= 11 is 0. The van der Waals surface area contributed by atoms with Crippen LogP contribution in [-0.2, 0) is 16.1 Å². The highest BCUT2D eigenvalue weighted by Crippen LogP contribution is 2.31. The van der Waals surface area contributed by atoms with Crippen molar-refractivity contribution in [3.05, 3.63) is 23.9 Å². The molecule has 2 fully saturated rings. The number of hydrogen-bond acceptors (Lipinski definition) is 5. The molecule has 2 atom stereocenters. The standard InChI is InChI=1S/C18H28N4O2.2ClH/c1-18(19)7-3-2-6-15(18)17(23)21-13-14-5-4-8-20-16(14)22-9-11-24-12-10-22;;/h4-5,8,15H,2-3,6-7,9-13,19H2,1H3,(H,21,23);2*1H. The minimum atomic E-state index is -0.399. The summed E-state index contributed by atoms with van der Waals surface area (Å²) < 4.78 is 5.41. The van der Waals surface area contributed by atoms with Gasteiger partial charge in [0.05, 0.1) is 19.1 Å². The van der Waals surface area contributed by atoms with Gasteiger partial charge in [0.2, 0.25) is 5.91 Å². The van der Waals surface area contributed by atoms with Crippen molar-refractivity contribution in [1.82, 2.24) is 10.3 Å². The second-order valence-electron chi connectivity index (χ2n) is 7.11. The van der Waals surface area contributed by atoms with Gasteiger partial charge in [-0.3, -0.25) is 4.79 Å². The summed E-state index contributed by atoms with van der Waals surface area (Å²) in [6.07, 6.45) is 5.78. The van der Waals surface area contributed by atoms with Gasteiger partial charge in [-0.05, 0) is 25.8 Å². The first kappa shape index (κ1) is 23.0. The van der Waals surface area contributed by atoms with E-state index in [4.69, 9.17) is 10.5 Å². The first-order chi connectivity index (χ1) is 11.6. The normalized spacial score (nSPS) is 25.6. The Labute approximate surface area is 168 Å². The van der Waals surface area contributed by atoms with Crippen LogP contribution in [0.2, 0.25) is 0 Å². The van der Waals surface area contributed by atoms with Crippen molar-refractivity contribution in [1.29, 1.82) is 0 Å². The molecule has 6 nitrogen and oxygen atoms in total. The maximum Gasteiger partial charge on any atom is 0.225 e. The molecular weight excluding hydrogens is 375 g/mol. The summed E-state index contributed by atoms with van der Waals surface area (Å²) in [5.41, 5.74) is 6.99. The van der Waals surface area contributed by atoms with E-state index in [2.05, 4.69) is 15.2 Å². The molecule has 1 aromatic heterocycles. The summed E-state index contributed by atoms with van der Waals surface area (Å²) in [6, 6.07) is 3.94. The topological polar surface area (TPSA) is 80.5 Å². The number of nitrogens with two attached hydrogens (primary N) is 1. The van der Waals surface area contributed by atoms with Crippen LogP contribution < -0.4 is 16.0 Å². The lowest BCUT2D eigenvalue weighted by molar-refractivity contribution is -0.128. The third-order valence-electron chi connectivity index (χ3n) is 5.20. The Bertz CT molecular complexity index is 580. The van der Waals surface area contributed by atoms with Crippen molar-refractivity contribution < 1.29 is 9.53 Å². The molecule has 2 heterocycles. The van der Waals surface area contributed by atoms with Gasteiger partial charge in [-0.2, -0.15) is 0 Å². The fourth-order valence-corrected chi connectivity index (χ4v) is 3.72. The van der Waals surface area contributed by atoms with Crippen molar-refractivity contribution in [2.45, 2.75) is 44.7 Å². The van der Waals surface area contributed by atoms with Crippen LogP contribution in [0.4, 0.5) is 5.82 Å². The van der Waals surface area contributed by atoms with Gasteiger partial charge >= 0.3 is 0 Å². The van der Waals surface area contributed by atoms with E-state index in [9.17, 15) is 4.79 Å². The molecular formula is C18H30Cl2N4O2. The number of anilines is 1. The predicted molar refractivity (Wildman–Crippen MR) is 108 cm³/mol. The fraction of sp³-hybridized carbons (Fsp3) is 0.667. The average molecular weight is 405 g/mol. The predicted octanol–water partition coefficient (Wildman–Crippen LogP) is 2.29. The lowest BCUT2D eigenvalue weighted by Crippen LogP contribution is -2.52. The molecule has 2 aliphatic rings. The zero-order valence-corrected chi connectivity index (χ0v) is 16.9. The molecule has 1 amide bonds. The third kappa shape index (κ3) is 5.46. The summed E-state index contributed by atoms with van der Waals surface area (Å²) in [7, 11) is 0. The maximum atomic E-state index is 12.6. The molecule has 26 heavy (non-hydrogen) atoms. The Kier molecular flexibility index (Phi) is 9.10. The van der Waals surface area contributed by atoms with Crippen molar-refractivity contribution in [3.8, 4) is 0 Å². The third-order valence-corrected chi connectivity index (χ3v) is 5.20. The number of carbonyl (C=O) groups is 1. The number of hydrogen-bond donors (Lipinski definition) is 2. The van der Waals surface area contributed by atoms with Gasteiger partial charge in [0.15, 0.2) is 0 Å². The first-order valence-corrected chi connectivity index (χ1v) is 8.91. The van der Waals surface area contributed by atoms with Gasteiger partial charge in [0, 0.05) is 36.9 Å². The van der Waals surface area contributed by atoms with E-state index in [0.29, 0.717) is 6.54 Å². The second-order valence-corrected chi connectivity index (χ2v) is 7.11. The number of morpholine rings is 1. The largest absolute Gasteiger partial charge is 0.378 e. The number of halogens is 2. The van der Waals surface area contributed by atoms with Gasteiger partial charge in [-0.1, -0.05) is 18.9 Å². The zero-order valence-electron chi connectivity index (χ0n) is 15.3. The van der Waals surface area contributed by atoms with E-state index < -0.39 is 5.54 Å². The lowest BCUT2D eigenvalue weighted by atomic mass is 9.74. The Balaban J connectivity index is 0.00000169. The molecule has 0 spiro atoms. The summed E-state index contributed by atoms with van der Waals surface area (Å²) in [4.78, 5) is 19.4. The van der Waals surface area contributed by atoms with E-state index in [1.165, 1.54) is 0 Å². The lowest BCUT2D eigenvalue weighted by Gasteiger charge is -2.37. The molecule has 1 aromatic rings. The van der Waals surface area contributed by atoms with Crippen molar-refractivity contribution in [2.75, 3.05) is 31.2 Å². The average Bonchev–Trinajstić information content (AvgIpc) is 2.60.